The molecule has 0 aliphatic heterocycles. The van der Waals surface area contributed by atoms with Crippen LogP contribution in [0.5, 0.6) is 0 Å². The molecule has 2 aromatic rings. The summed E-state index contributed by atoms with van der Waals surface area (Å²) in [6.07, 6.45) is 0. The SMILES string of the molecule is CCOCc1nc(N)cc(Nc2ccccc2C#N)n1. The molecular formula is C14H15N5O. The number of rotatable bonds is 5. The molecular weight excluding hydrogens is 254 g/mol. The predicted octanol–water partition coefficient (Wildman–Crippen LogP) is 2.21. The van der Waals surface area contributed by atoms with Gasteiger partial charge in [-0.05, 0) is 19.1 Å². The van der Waals surface area contributed by atoms with Crippen molar-refractivity contribution in [1.29, 1.82) is 5.26 Å². The Bertz CT molecular complexity index is 636. The maximum atomic E-state index is 9.05. The highest BCUT2D eigenvalue weighted by atomic mass is 16.5. The number of aromatic nitrogens is 2. The number of nitrogens with one attached hydrogen (secondary N) is 1. The Morgan fingerprint density at radius 3 is 2.90 bits per heavy atom. The first kappa shape index (κ1) is 13.8. The van der Waals surface area contributed by atoms with E-state index in [-0.39, 0.29) is 0 Å². The molecule has 0 bridgehead atoms. The van der Waals surface area contributed by atoms with Gasteiger partial charge in [0.25, 0.3) is 0 Å². The molecule has 1 heterocycles. The van der Waals surface area contributed by atoms with E-state index in [1.54, 1.807) is 24.3 Å². The second-order valence-corrected chi connectivity index (χ2v) is 4.01. The summed E-state index contributed by atoms with van der Waals surface area (Å²) in [4.78, 5) is 8.40. The van der Waals surface area contributed by atoms with Gasteiger partial charge in [0.15, 0.2) is 5.82 Å². The average molecular weight is 269 g/mol. The zero-order chi connectivity index (χ0) is 14.4. The maximum Gasteiger partial charge on any atom is 0.158 e. The van der Waals surface area contributed by atoms with E-state index in [9.17, 15) is 0 Å². The van der Waals surface area contributed by atoms with Crippen LogP contribution < -0.4 is 11.1 Å². The summed E-state index contributed by atoms with van der Waals surface area (Å²) in [7, 11) is 0. The van der Waals surface area contributed by atoms with Crippen LogP contribution in [0, 0.1) is 11.3 Å². The number of nitriles is 1. The van der Waals surface area contributed by atoms with E-state index in [4.69, 9.17) is 15.7 Å². The number of nitrogens with two attached hydrogens (primary N) is 1. The molecule has 0 spiro atoms. The summed E-state index contributed by atoms with van der Waals surface area (Å²) in [6.45, 7) is 2.78. The number of para-hydroxylation sites is 1. The summed E-state index contributed by atoms with van der Waals surface area (Å²) >= 11 is 0. The van der Waals surface area contributed by atoms with Crippen LogP contribution in [-0.4, -0.2) is 16.6 Å². The molecule has 1 aromatic carbocycles. The fourth-order valence-electron chi connectivity index (χ4n) is 1.67. The first-order valence-corrected chi connectivity index (χ1v) is 6.20. The summed E-state index contributed by atoms with van der Waals surface area (Å²) in [6, 6.07) is 10.9. The second-order valence-electron chi connectivity index (χ2n) is 4.01. The number of nitrogen functional groups attached to an aromatic ring is 1. The molecule has 0 atom stereocenters. The lowest BCUT2D eigenvalue weighted by atomic mass is 10.2. The number of nitrogens with zero attached hydrogens (tertiary/aromatic N) is 3. The lowest BCUT2D eigenvalue weighted by molar-refractivity contribution is 0.128. The summed E-state index contributed by atoms with van der Waals surface area (Å²) in [5.41, 5.74) is 6.96. The minimum absolute atomic E-state index is 0.302. The summed E-state index contributed by atoms with van der Waals surface area (Å²) in [5.74, 6) is 1.39. The highest BCUT2D eigenvalue weighted by molar-refractivity contribution is 5.65. The first-order chi connectivity index (χ1) is 9.72. The van der Waals surface area contributed by atoms with Crippen molar-refractivity contribution in [3.05, 3.63) is 41.7 Å². The van der Waals surface area contributed by atoms with Gasteiger partial charge in [-0.15, -0.1) is 0 Å². The second kappa shape index (κ2) is 6.50. The van der Waals surface area contributed by atoms with Crippen LogP contribution in [0.25, 0.3) is 0 Å². The van der Waals surface area contributed by atoms with Crippen molar-refractivity contribution < 1.29 is 4.74 Å². The summed E-state index contributed by atoms with van der Waals surface area (Å²) in [5, 5.41) is 12.1. The van der Waals surface area contributed by atoms with Gasteiger partial charge in [-0.3, -0.25) is 0 Å². The van der Waals surface area contributed by atoms with Gasteiger partial charge in [-0.25, -0.2) is 9.97 Å². The van der Waals surface area contributed by atoms with Gasteiger partial charge in [0, 0.05) is 12.7 Å². The Morgan fingerprint density at radius 2 is 2.15 bits per heavy atom. The molecule has 102 valence electrons. The van der Waals surface area contributed by atoms with Crippen molar-refractivity contribution in [2.45, 2.75) is 13.5 Å². The maximum absolute atomic E-state index is 9.05. The zero-order valence-corrected chi connectivity index (χ0v) is 11.1. The highest BCUT2D eigenvalue weighted by Gasteiger charge is 2.06. The van der Waals surface area contributed by atoms with Gasteiger partial charge >= 0.3 is 0 Å². The number of hydrogen-bond donors (Lipinski definition) is 2. The zero-order valence-electron chi connectivity index (χ0n) is 11.1. The van der Waals surface area contributed by atoms with E-state index in [2.05, 4.69) is 21.4 Å². The number of anilines is 3. The van der Waals surface area contributed by atoms with Crippen LogP contribution >= 0.6 is 0 Å². The topological polar surface area (TPSA) is 96.9 Å². The molecule has 6 nitrogen and oxygen atoms in total. The van der Waals surface area contributed by atoms with Crippen LogP contribution in [0.3, 0.4) is 0 Å². The van der Waals surface area contributed by atoms with Crippen molar-refractivity contribution in [1.82, 2.24) is 9.97 Å². The average Bonchev–Trinajstić information content (AvgIpc) is 2.45. The normalized spacial score (nSPS) is 10.0. The Morgan fingerprint density at radius 1 is 1.35 bits per heavy atom. The third kappa shape index (κ3) is 3.43. The molecule has 0 radical (unpaired) electrons. The van der Waals surface area contributed by atoms with Gasteiger partial charge in [0.1, 0.15) is 24.3 Å². The van der Waals surface area contributed by atoms with Crippen molar-refractivity contribution in [2.24, 2.45) is 0 Å². The molecule has 6 heteroatoms. The largest absolute Gasteiger partial charge is 0.384 e. The van der Waals surface area contributed by atoms with Crippen molar-refractivity contribution in [3.8, 4) is 6.07 Å². The molecule has 3 N–H and O–H groups in total. The lowest BCUT2D eigenvalue weighted by Crippen LogP contribution is -2.05. The predicted molar refractivity (Wildman–Crippen MR) is 76.2 cm³/mol. The fourth-order valence-corrected chi connectivity index (χ4v) is 1.67. The van der Waals surface area contributed by atoms with E-state index < -0.39 is 0 Å². The van der Waals surface area contributed by atoms with Crippen LogP contribution in [0.4, 0.5) is 17.3 Å². The van der Waals surface area contributed by atoms with E-state index >= 15 is 0 Å². The van der Waals surface area contributed by atoms with Crippen molar-refractivity contribution in [2.75, 3.05) is 17.7 Å². The van der Waals surface area contributed by atoms with Crippen molar-refractivity contribution in [3.63, 3.8) is 0 Å². The lowest BCUT2D eigenvalue weighted by Gasteiger charge is -2.09. The van der Waals surface area contributed by atoms with E-state index in [0.717, 1.165) is 0 Å². The Labute approximate surface area is 117 Å². The molecule has 2 rings (SSSR count). The van der Waals surface area contributed by atoms with Gasteiger partial charge in [-0.2, -0.15) is 5.26 Å². The molecule has 0 aliphatic rings. The first-order valence-electron chi connectivity index (χ1n) is 6.20. The minimum atomic E-state index is 0.302. The quantitative estimate of drug-likeness (QED) is 0.863. The molecule has 0 unspecified atom stereocenters. The Hall–Kier alpha value is -2.65. The van der Waals surface area contributed by atoms with Gasteiger partial charge in [-0.1, -0.05) is 12.1 Å². The van der Waals surface area contributed by atoms with Crippen LogP contribution in [0.15, 0.2) is 30.3 Å². The monoisotopic (exact) mass is 269 g/mol. The van der Waals surface area contributed by atoms with Gasteiger partial charge in [0.05, 0.1) is 11.3 Å². The van der Waals surface area contributed by atoms with Gasteiger partial charge < -0.3 is 15.8 Å². The van der Waals surface area contributed by atoms with Gasteiger partial charge in [0.2, 0.25) is 0 Å². The Kier molecular flexibility index (Phi) is 4.47. The Balaban J connectivity index is 2.25. The number of benzene rings is 1. The molecule has 0 saturated heterocycles. The third-order valence-electron chi connectivity index (χ3n) is 2.54. The van der Waals surface area contributed by atoms with Crippen molar-refractivity contribution >= 4 is 17.3 Å². The molecule has 0 fully saturated rings. The van der Waals surface area contributed by atoms with E-state index in [0.29, 0.717) is 41.9 Å². The number of hydrogen-bond acceptors (Lipinski definition) is 6. The third-order valence-corrected chi connectivity index (χ3v) is 2.54. The smallest absolute Gasteiger partial charge is 0.158 e. The molecule has 20 heavy (non-hydrogen) atoms. The molecule has 1 aromatic heterocycles. The highest BCUT2D eigenvalue weighted by Crippen LogP contribution is 2.20. The fraction of sp³-hybridized carbons (Fsp3) is 0.214. The van der Waals surface area contributed by atoms with Crippen LogP contribution in [0.1, 0.15) is 18.3 Å². The number of ether oxygens (including phenoxy) is 1. The molecule has 0 aliphatic carbocycles. The van der Waals surface area contributed by atoms with E-state index in [1.165, 1.54) is 0 Å². The van der Waals surface area contributed by atoms with Crippen LogP contribution in [0.2, 0.25) is 0 Å². The standard InChI is InChI=1S/C14H15N5O/c1-2-20-9-14-18-12(16)7-13(19-14)17-11-6-4-3-5-10(11)8-15/h3-7H,2,9H2,1H3,(H3,16,17,18,19). The van der Waals surface area contributed by atoms with Crippen LogP contribution in [-0.2, 0) is 11.3 Å². The minimum Gasteiger partial charge on any atom is -0.384 e. The van der Waals surface area contributed by atoms with E-state index in [1.807, 2.05) is 13.0 Å². The molecule has 0 amide bonds. The summed E-state index contributed by atoms with van der Waals surface area (Å²) < 4.78 is 5.26. The molecule has 0 saturated carbocycles.